The van der Waals surface area contributed by atoms with Crippen molar-refractivity contribution in [2.24, 2.45) is 7.05 Å². The molecule has 1 saturated carbocycles. The number of aromatic nitrogens is 2. The van der Waals surface area contributed by atoms with Gasteiger partial charge < -0.3 is 10.1 Å². The fraction of sp³-hybridized carbons (Fsp3) is 0.786. The molecule has 1 aliphatic rings. The van der Waals surface area contributed by atoms with Crippen molar-refractivity contribution in [2.75, 3.05) is 18.5 Å². The van der Waals surface area contributed by atoms with Gasteiger partial charge in [-0.25, -0.2) is 4.68 Å². The molecule has 0 unspecified atom stereocenters. The summed E-state index contributed by atoms with van der Waals surface area (Å²) in [7, 11) is 1.72. The first-order valence-corrected chi connectivity index (χ1v) is 7.57. The quantitative estimate of drug-likeness (QED) is 0.475. The van der Waals surface area contributed by atoms with Crippen LogP contribution in [0, 0.1) is 10.1 Å². The number of nitrogens with one attached hydrogen (secondary N) is 1. The van der Waals surface area contributed by atoms with Crippen molar-refractivity contribution in [1.82, 2.24) is 9.78 Å². The molecule has 0 aromatic carbocycles. The minimum absolute atomic E-state index is 0.0156. The summed E-state index contributed by atoms with van der Waals surface area (Å²) in [6.45, 7) is 4.92. The van der Waals surface area contributed by atoms with Gasteiger partial charge in [0.1, 0.15) is 5.69 Å². The van der Waals surface area contributed by atoms with Gasteiger partial charge in [-0.2, -0.15) is 5.10 Å². The normalized spacial score (nSPS) is 15.8. The Morgan fingerprint density at radius 3 is 2.71 bits per heavy atom. The lowest BCUT2D eigenvalue weighted by atomic mass is 10.1. The van der Waals surface area contributed by atoms with E-state index in [4.69, 9.17) is 4.74 Å². The Morgan fingerprint density at radius 1 is 1.48 bits per heavy atom. The van der Waals surface area contributed by atoms with E-state index in [1.165, 1.54) is 12.8 Å². The van der Waals surface area contributed by atoms with E-state index < -0.39 is 0 Å². The fourth-order valence-corrected chi connectivity index (χ4v) is 2.75. The number of hydrogen-bond donors (Lipinski definition) is 1. The summed E-state index contributed by atoms with van der Waals surface area (Å²) >= 11 is 0. The molecule has 0 saturated heterocycles. The molecule has 1 aromatic heterocycles. The van der Waals surface area contributed by atoms with Crippen molar-refractivity contribution in [1.29, 1.82) is 0 Å². The highest BCUT2D eigenvalue weighted by molar-refractivity contribution is 5.60. The van der Waals surface area contributed by atoms with Crippen molar-refractivity contribution < 1.29 is 9.66 Å². The van der Waals surface area contributed by atoms with Crippen LogP contribution >= 0.6 is 0 Å². The number of nitro groups is 1. The second-order valence-corrected chi connectivity index (χ2v) is 5.82. The van der Waals surface area contributed by atoms with Crippen LogP contribution in [0.2, 0.25) is 0 Å². The second kappa shape index (κ2) is 6.89. The van der Waals surface area contributed by atoms with Gasteiger partial charge in [0.25, 0.3) is 0 Å². The molecule has 0 atom stereocenters. The van der Waals surface area contributed by atoms with Crippen LogP contribution in [0.25, 0.3) is 0 Å². The lowest BCUT2D eigenvalue weighted by Crippen LogP contribution is -2.17. The van der Waals surface area contributed by atoms with Crippen LogP contribution in [-0.4, -0.2) is 34.0 Å². The number of aryl methyl sites for hydroxylation is 1. The van der Waals surface area contributed by atoms with Gasteiger partial charge in [0.15, 0.2) is 0 Å². The van der Waals surface area contributed by atoms with Crippen molar-refractivity contribution in [2.45, 2.75) is 51.6 Å². The first-order valence-electron chi connectivity index (χ1n) is 7.57. The average Bonchev–Trinajstić information content (AvgIpc) is 3.02. The summed E-state index contributed by atoms with van der Waals surface area (Å²) in [6, 6.07) is 0. The van der Waals surface area contributed by atoms with E-state index >= 15 is 0 Å². The first kappa shape index (κ1) is 15.8. The third kappa shape index (κ3) is 3.72. The maximum Gasteiger partial charge on any atom is 0.334 e. The molecule has 0 bridgehead atoms. The molecule has 0 aliphatic heterocycles. The number of nitrogens with zero attached hydrogens (tertiary/aromatic N) is 3. The number of anilines is 1. The largest absolute Gasteiger partial charge is 0.376 e. The predicted molar refractivity (Wildman–Crippen MR) is 80.6 cm³/mol. The third-order valence-corrected chi connectivity index (χ3v) is 3.83. The first-order chi connectivity index (χ1) is 10.0. The molecule has 1 aliphatic carbocycles. The molecule has 1 heterocycles. The van der Waals surface area contributed by atoms with Crippen molar-refractivity contribution in [3.05, 3.63) is 15.8 Å². The average molecular weight is 296 g/mol. The minimum atomic E-state index is -0.359. The lowest BCUT2D eigenvalue weighted by molar-refractivity contribution is -0.384. The molecule has 2 rings (SSSR count). The molecule has 0 spiro atoms. The summed E-state index contributed by atoms with van der Waals surface area (Å²) in [6.07, 6.45) is 5.10. The molecule has 7 nitrogen and oxygen atoms in total. The van der Waals surface area contributed by atoms with E-state index in [1.807, 2.05) is 13.8 Å². The summed E-state index contributed by atoms with van der Waals surface area (Å²) in [4.78, 5) is 10.9. The van der Waals surface area contributed by atoms with Gasteiger partial charge >= 0.3 is 5.69 Å². The molecule has 21 heavy (non-hydrogen) atoms. The van der Waals surface area contributed by atoms with Gasteiger partial charge in [-0.15, -0.1) is 0 Å². The molecule has 118 valence electrons. The summed E-state index contributed by atoms with van der Waals surface area (Å²) < 4.78 is 7.30. The predicted octanol–water partition coefficient (Wildman–Crippen LogP) is 2.82. The summed E-state index contributed by atoms with van der Waals surface area (Å²) in [5.74, 6) is 0.473. The van der Waals surface area contributed by atoms with E-state index in [2.05, 4.69) is 10.4 Å². The standard InChI is InChI=1S/C14H24N4O3/c1-10(2)12-13(18(19)20)14(17(3)16-12)15-8-9-21-11-6-4-5-7-11/h10-11,15H,4-9H2,1-3H3. The molecular formula is C14H24N4O3. The minimum Gasteiger partial charge on any atom is -0.376 e. The second-order valence-electron chi connectivity index (χ2n) is 5.82. The van der Waals surface area contributed by atoms with Gasteiger partial charge in [-0.1, -0.05) is 26.7 Å². The maximum absolute atomic E-state index is 11.3. The highest BCUT2D eigenvalue weighted by atomic mass is 16.6. The number of rotatable bonds is 7. The summed E-state index contributed by atoms with van der Waals surface area (Å²) in [5, 5.41) is 18.6. The third-order valence-electron chi connectivity index (χ3n) is 3.83. The zero-order chi connectivity index (χ0) is 15.4. The Balaban J connectivity index is 1.96. The van der Waals surface area contributed by atoms with Gasteiger partial charge in [0.05, 0.1) is 17.6 Å². The van der Waals surface area contributed by atoms with E-state index in [9.17, 15) is 10.1 Å². The Labute approximate surface area is 124 Å². The molecule has 1 fully saturated rings. The van der Waals surface area contributed by atoms with Gasteiger partial charge in [-0.3, -0.25) is 10.1 Å². The zero-order valence-electron chi connectivity index (χ0n) is 13.0. The van der Waals surface area contributed by atoms with Crippen molar-refractivity contribution in [3.63, 3.8) is 0 Å². The van der Waals surface area contributed by atoms with Gasteiger partial charge in [0, 0.05) is 19.5 Å². The lowest BCUT2D eigenvalue weighted by Gasteiger charge is -2.11. The topological polar surface area (TPSA) is 82.2 Å². The van der Waals surface area contributed by atoms with Crippen LogP contribution in [0.1, 0.15) is 51.1 Å². The zero-order valence-corrected chi connectivity index (χ0v) is 13.0. The van der Waals surface area contributed by atoms with Crippen LogP contribution in [0.4, 0.5) is 11.5 Å². The fourth-order valence-electron chi connectivity index (χ4n) is 2.75. The van der Waals surface area contributed by atoms with E-state index in [0.29, 0.717) is 30.8 Å². The molecule has 7 heteroatoms. The van der Waals surface area contributed by atoms with Gasteiger partial charge in [-0.05, 0) is 12.8 Å². The van der Waals surface area contributed by atoms with E-state index in [1.54, 1.807) is 11.7 Å². The van der Waals surface area contributed by atoms with Crippen LogP contribution < -0.4 is 5.32 Å². The summed E-state index contributed by atoms with van der Waals surface area (Å²) in [5.41, 5.74) is 0.593. The highest BCUT2D eigenvalue weighted by Crippen LogP contribution is 2.32. The number of hydrogen-bond acceptors (Lipinski definition) is 5. The van der Waals surface area contributed by atoms with Gasteiger partial charge in [0.2, 0.25) is 5.82 Å². The SMILES string of the molecule is CC(C)c1nn(C)c(NCCOC2CCCC2)c1[N+](=O)[O-]. The molecular weight excluding hydrogens is 272 g/mol. The Bertz CT molecular complexity index is 493. The van der Waals surface area contributed by atoms with Crippen LogP contribution in [-0.2, 0) is 11.8 Å². The van der Waals surface area contributed by atoms with Crippen molar-refractivity contribution >= 4 is 11.5 Å². The van der Waals surface area contributed by atoms with Crippen LogP contribution in [0.15, 0.2) is 0 Å². The molecule has 1 N–H and O–H groups in total. The smallest absolute Gasteiger partial charge is 0.334 e. The van der Waals surface area contributed by atoms with Crippen LogP contribution in [0.3, 0.4) is 0 Å². The highest BCUT2D eigenvalue weighted by Gasteiger charge is 2.28. The van der Waals surface area contributed by atoms with E-state index in [0.717, 1.165) is 12.8 Å². The van der Waals surface area contributed by atoms with Crippen molar-refractivity contribution in [3.8, 4) is 0 Å². The van der Waals surface area contributed by atoms with E-state index in [-0.39, 0.29) is 16.5 Å². The Hall–Kier alpha value is -1.63. The number of ether oxygens (including phenoxy) is 1. The molecule has 1 aromatic rings. The molecule has 0 radical (unpaired) electrons. The monoisotopic (exact) mass is 296 g/mol. The Morgan fingerprint density at radius 2 is 2.14 bits per heavy atom. The Kier molecular flexibility index (Phi) is 5.17. The van der Waals surface area contributed by atoms with Crippen LogP contribution in [0.5, 0.6) is 0 Å². The molecule has 0 amide bonds. The maximum atomic E-state index is 11.3.